The van der Waals surface area contributed by atoms with Gasteiger partial charge in [0.25, 0.3) is 0 Å². The van der Waals surface area contributed by atoms with Crippen molar-refractivity contribution in [2.45, 2.75) is 26.0 Å². The van der Waals surface area contributed by atoms with Gasteiger partial charge in [-0.3, -0.25) is 0 Å². The second-order valence-electron chi connectivity index (χ2n) is 5.12. The summed E-state index contributed by atoms with van der Waals surface area (Å²) in [6.07, 6.45) is 0.00157. The predicted molar refractivity (Wildman–Crippen MR) is 83.9 cm³/mol. The van der Waals surface area contributed by atoms with Gasteiger partial charge in [0.2, 0.25) is 0 Å². The third kappa shape index (κ3) is 2.92. The van der Waals surface area contributed by atoms with E-state index in [2.05, 4.69) is 61.6 Å². The van der Waals surface area contributed by atoms with E-state index in [-0.39, 0.29) is 12.1 Å². The van der Waals surface area contributed by atoms with Gasteiger partial charge < -0.3 is 10.1 Å². The molecule has 1 N–H and O–H groups in total. The van der Waals surface area contributed by atoms with Gasteiger partial charge in [-0.15, -0.1) is 0 Å². The molecule has 0 aliphatic heterocycles. The monoisotopic (exact) mass is 269 g/mol. The third-order valence-electron chi connectivity index (χ3n) is 3.98. The standard InChI is InChI=1S/C18H23NO/c1-13-9-8-12-16(14(13)2)17(19-3)18(20-4)15-10-6-5-7-11-15/h5-12,17-19H,1-4H3. The molecule has 0 heterocycles. The maximum absolute atomic E-state index is 5.78. The lowest BCUT2D eigenvalue weighted by atomic mass is 9.91. The summed E-state index contributed by atoms with van der Waals surface area (Å²) in [5, 5.41) is 3.41. The molecule has 2 aromatic carbocycles. The number of methoxy groups -OCH3 is 1. The highest BCUT2D eigenvalue weighted by molar-refractivity contribution is 5.37. The summed E-state index contributed by atoms with van der Waals surface area (Å²) in [4.78, 5) is 0. The Balaban J connectivity index is 2.42. The second-order valence-corrected chi connectivity index (χ2v) is 5.12. The van der Waals surface area contributed by atoms with Crippen molar-refractivity contribution < 1.29 is 4.74 Å². The molecule has 0 aromatic heterocycles. The number of rotatable bonds is 5. The van der Waals surface area contributed by atoms with Crippen molar-refractivity contribution in [3.63, 3.8) is 0 Å². The quantitative estimate of drug-likeness (QED) is 0.887. The summed E-state index contributed by atoms with van der Waals surface area (Å²) in [6.45, 7) is 4.32. The van der Waals surface area contributed by atoms with Crippen molar-refractivity contribution in [2.24, 2.45) is 0 Å². The fourth-order valence-corrected chi connectivity index (χ4v) is 2.69. The highest BCUT2D eigenvalue weighted by Crippen LogP contribution is 2.33. The Bertz CT molecular complexity index is 551. The van der Waals surface area contributed by atoms with Gasteiger partial charge in [0.1, 0.15) is 6.10 Å². The highest BCUT2D eigenvalue weighted by atomic mass is 16.5. The van der Waals surface area contributed by atoms with E-state index >= 15 is 0 Å². The van der Waals surface area contributed by atoms with Crippen LogP contribution < -0.4 is 5.32 Å². The molecular formula is C18H23NO. The predicted octanol–water partition coefficient (Wildman–Crippen LogP) is 3.95. The Morgan fingerprint density at radius 1 is 0.950 bits per heavy atom. The molecule has 2 aromatic rings. The highest BCUT2D eigenvalue weighted by Gasteiger charge is 2.24. The van der Waals surface area contributed by atoms with Gasteiger partial charge >= 0.3 is 0 Å². The fraction of sp³-hybridized carbons (Fsp3) is 0.333. The van der Waals surface area contributed by atoms with E-state index in [1.807, 2.05) is 13.1 Å². The zero-order valence-corrected chi connectivity index (χ0v) is 12.7. The van der Waals surface area contributed by atoms with Crippen LogP contribution in [0.2, 0.25) is 0 Å². The summed E-state index contributed by atoms with van der Waals surface area (Å²) in [6, 6.07) is 16.9. The van der Waals surface area contributed by atoms with E-state index in [0.29, 0.717) is 0 Å². The molecule has 2 rings (SSSR count). The maximum Gasteiger partial charge on any atom is 0.102 e. The molecule has 0 spiro atoms. The molecule has 2 heteroatoms. The molecule has 106 valence electrons. The van der Waals surface area contributed by atoms with E-state index < -0.39 is 0 Å². The molecule has 2 nitrogen and oxygen atoms in total. The Kier molecular flexibility index (Phi) is 4.94. The average molecular weight is 269 g/mol. The number of ether oxygens (including phenoxy) is 1. The van der Waals surface area contributed by atoms with Crippen molar-refractivity contribution in [3.8, 4) is 0 Å². The molecule has 0 bridgehead atoms. The number of hydrogen-bond donors (Lipinski definition) is 1. The van der Waals surface area contributed by atoms with Gasteiger partial charge in [-0.25, -0.2) is 0 Å². The molecule has 2 atom stereocenters. The number of benzene rings is 2. The first-order chi connectivity index (χ1) is 9.69. The van der Waals surface area contributed by atoms with E-state index in [1.54, 1.807) is 7.11 Å². The molecule has 0 saturated heterocycles. The van der Waals surface area contributed by atoms with Crippen molar-refractivity contribution in [1.29, 1.82) is 0 Å². The molecule has 0 aliphatic rings. The Morgan fingerprint density at radius 3 is 2.25 bits per heavy atom. The largest absolute Gasteiger partial charge is 0.375 e. The van der Waals surface area contributed by atoms with Crippen LogP contribution in [0.3, 0.4) is 0 Å². The average Bonchev–Trinajstić information content (AvgIpc) is 2.49. The van der Waals surface area contributed by atoms with Gasteiger partial charge in [-0.1, -0.05) is 48.5 Å². The van der Waals surface area contributed by atoms with Crippen molar-refractivity contribution in [3.05, 3.63) is 70.8 Å². The summed E-state index contributed by atoms with van der Waals surface area (Å²) in [5.74, 6) is 0. The molecule has 0 saturated carbocycles. The molecule has 0 amide bonds. The first-order valence-electron chi connectivity index (χ1n) is 7.00. The van der Waals surface area contributed by atoms with Gasteiger partial charge in [0, 0.05) is 7.11 Å². The third-order valence-corrected chi connectivity index (χ3v) is 3.98. The van der Waals surface area contributed by atoms with Crippen LogP contribution in [0.15, 0.2) is 48.5 Å². The molecule has 0 radical (unpaired) electrons. The van der Waals surface area contributed by atoms with Crippen LogP contribution in [-0.4, -0.2) is 14.2 Å². The van der Waals surface area contributed by atoms with Crippen LogP contribution in [0.4, 0.5) is 0 Å². The Morgan fingerprint density at radius 2 is 1.65 bits per heavy atom. The molecule has 0 fully saturated rings. The first kappa shape index (κ1) is 14.8. The van der Waals surface area contributed by atoms with Crippen LogP contribution >= 0.6 is 0 Å². The number of nitrogens with one attached hydrogen (secondary N) is 1. The Hall–Kier alpha value is -1.64. The van der Waals surface area contributed by atoms with E-state index in [9.17, 15) is 0 Å². The smallest absolute Gasteiger partial charge is 0.102 e. The molecule has 0 aliphatic carbocycles. The van der Waals surface area contributed by atoms with Crippen LogP contribution in [0.25, 0.3) is 0 Å². The maximum atomic E-state index is 5.78. The van der Waals surface area contributed by atoms with Crippen molar-refractivity contribution in [1.82, 2.24) is 5.32 Å². The zero-order chi connectivity index (χ0) is 14.5. The lowest BCUT2D eigenvalue weighted by Crippen LogP contribution is -2.26. The first-order valence-corrected chi connectivity index (χ1v) is 7.00. The zero-order valence-electron chi connectivity index (χ0n) is 12.7. The summed E-state index contributed by atoms with van der Waals surface area (Å²) < 4.78 is 5.78. The van der Waals surface area contributed by atoms with E-state index in [1.165, 1.54) is 22.3 Å². The summed E-state index contributed by atoms with van der Waals surface area (Å²) >= 11 is 0. The Labute approximate surface area is 121 Å². The van der Waals surface area contributed by atoms with Gasteiger partial charge in [-0.05, 0) is 43.1 Å². The SMILES string of the molecule is CNC(c1cccc(C)c1C)C(OC)c1ccccc1. The second kappa shape index (κ2) is 6.69. The van der Waals surface area contributed by atoms with Crippen LogP contribution in [0.1, 0.15) is 34.4 Å². The van der Waals surface area contributed by atoms with Gasteiger partial charge in [0.15, 0.2) is 0 Å². The number of hydrogen-bond acceptors (Lipinski definition) is 2. The van der Waals surface area contributed by atoms with E-state index in [0.717, 1.165) is 0 Å². The number of likely N-dealkylation sites (N-methyl/N-ethyl adjacent to an activating group) is 1. The fourth-order valence-electron chi connectivity index (χ4n) is 2.69. The minimum atomic E-state index is 0.00157. The molecule has 20 heavy (non-hydrogen) atoms. The summed E-state index contributed by atoms with van der Waals surface area (Å²) in [7, 11) is 3.76. The van der Waals surface area contributed by atoms with Gasteiger partial charge in [0.05, 0.1) is 6.04 Å². The van der Waals surface area contributed by atoms with E-state index in [4.69, 9.17) is 4.74 Å². The van der Waals surface area contributed by atoms with Gasteiger partial charge in [-0.2, -0.15) is 0 Å². The summed E-state index contributed by atoms with van der Waals surface area (Å²) in [5.41, 5.74) is 5.12. The lowest BCUT2D eigenvalue weighted by Gasteiger charge is -2.28. The van der Waals surface area contributed by atoms with Crippen molar-refractivity contribution in [2.75, 3.05) is 14.2 Å². The minimum Gasteiger partial charge on any atom is -0.375 e. The minimum absolute atomic E-state index is 0.00157. The lowest BCUT2D eigenvalue weighted by molar-refractivity contribution is 0.0700. The van der Waals surface area contributed by atoms with Crippen LogP contribution in [-0.2, 0) is 4.74 Å². The van der Waals surface area contributed by atoms with Crippen molar-refractivity contribution >= 4 is 0 Å². The molecular weight excluding hydrogens is 246 g/mol. The topological polar surface area (TPSA) is 21.3 Å². The van der Waals surface area contributed by atoms with Crippen LogP contribution in [0.5, 0.6) is 0 Å². The molecule has 2 unspecified atom stereocenters. The van der Waals surface area contributed by atoms with Crippen LogP contribution in [0, 0.1) is 13.8 Å². The normalized spacial score (nSPS) is 14.0. The number of aryl methyl sites for hydroxylation is 1.